The number of benzene rings is 2. The molecule has 0 fully saturated rings. The van der Waals surface area contributed by atoms with Gasteiger partial charge < -0.3 is 15.1 Å². The van der Waals surface area contributed by atoms with Crippen LogP contribution >= 0.6 is 0 Å². The van der Waals surface area contributed by atoms with Crippen molar-refractivity contribution in [3.63, 3.8) is 0 Å². The quantitative estimate of drug-likeness (QED) is 0.192. The summed E-state index contributed by atoms with van der Waals surface area (Å²) in [5.74, 6) is 0. The first kappa shape index (κ1) is 28.1. The fourth-order valence-electron chi connectivity index (χ4n) is 6.79. The second-order valence-corrected chi connectivity index (χ2v) is 13.0. The number of rotatable bonds is 2. The van der Waals surface area contributed by atoms with Gasteiger partial charge in [-0.05, 0) is 105 Å². The average Bonchev–Trinajstić information content (AvgIpc) is 3.77. The zero-order valence-electron chi connectivity index (χ0n) is 26.4. The summed E-state index contributed by atoms with van der Waals surface area (Å²) in [5.41, 5.74) is 16.8. The summed E-state index contributed by atoms with van der Waals surface area (Å²) < 4.78 is 0. The van der Waals surface area contributed by atoms with Crippen LogP contribution in [0.3, 0.4) is 0 Å². The Morgan fingerprint density at radius 1 is 0.636 bits per heavy atom. The van der Waals surface area contributed by atoms with Crippen molar-refractivity contribution in [2.45, 2.75) is 60.0 Å². The molecule has 2 aliphatic heterocycles. The number of H-pyrrole nitrogens is 2. The molecule has 0 amide bonds. The first-order chi connectivity index (χ1) is 21.0. The van der Waals surface area contributed by atoms with Crippen molar-refractivity contribution in [3.05, 3.63) is 117 Å². The average molecular weight is 579 g/mol. The van der Waals surface area contributed by atoms with Gasteiger partial charge in [-0.1, -0.05) is 61.4 Å². The number of aryl methyl sites for hydroxylation is 4. The third kappa shape index (κ3) is 4.51. The van der Waals surface area contributed by atoms with Crippen LogP contribution in [-0.4, -0.2) is 25.0 Å². The van der Waals surface area contributed by atoms with Crippen molar-refractivity contribution in [1.82, 2.24) is 19.9 Å². The first-order valence-electron chi connectivity index (χ1n) is 15.3. The van der Waals surface area contributed by atoms with Crippen LogP contribution in [0.4, 0.5) is 0 Å². The van der Waals surface area contributed by atoms with E-state index in [2.05, 4.69) is 117 Å². The van der Waals surface area contributed by atoms with Gasteiger partial charge in [0, 0.05) is 38.6 Å². The topological polar surface area (TPSA) is 77.6 Å². The largest absolute Gasteiger partial charge is 0.386 e. The molecule has 5 heterocycles. The van der Waals surface area contributed by atoms with E-state index in [0.717, 1.165) is 61.4 Å². The van der Waals surface area contributed by atoms with Crippen molar-refractivity contribution < 1.29 is 5.11 Å². The molecular formula is C39H38N4O. The van der Waals surface area contributed by atoms with Crippen molar-refractivity contribution >= 4 is 34.2 Å². The van der Waals surface area contributed by atoms with E-state index >= 15 is 0 Å². The third-order valence-corrected chi connectivity index (χ3v) is 9.27. The van der Waals surface area contributed by atoms with Crippen LogP contribution in [0.1, 0.15) is 70.5 Å². The predicted molar refractivity (Wildman–Crippen MR) is 182 cm³/mol. The molecule has 8 bridgehead atoms. The molecule has 3 N–H and O–H groups in total. The minimum atomic E-state index is -0.746. The Balaban J connectivity index is 1.68. The van der Waals surface area contributed by atoms with E-state index in [9.17, 15) is 5.11 Å². The molecule has 1 unspecified atom stereocenters. The SMILES string of the molecule is Cc1ccc(-c2c3ccc(cc4nc(c(C)c5nc(c(-c6c(C)cc(C)cc6C)c6ccc2[nH]6)C=C5)C(O)C4(C)C)[nH]3)cc1. The predicted octanol–water partition coefficient (Wildman–Crippen LogP) is 9.37. The minimum absolute atomic E-state index is 0.559. The van der Waals surface area contributed by atoms with Crippen molar-refractivity contribution in [2.75, 3.05) is 0 Å². The Morgan fingerprint density at radius 3 is 1.95 bits per heavy atom. The fraction of sp³-hybridized carbons (Fsp3) is 0.231. The summed E-state index contributed by atoms with van der Waals surface area (Å²) in [6.45, 7) is 14.7. The van der Waals surface area contributed by atoms with Gasteiger partial charge in [0.05, 0.1) is 22.8 Å². The Bertz CT molecular complexity index is 2140. The molecule has 7 rings (SSSR count). The number of aliphatic hydroxyl groups is 1. The number of aromatic amines is 2. The maximum absolute atomic E-state index is 11.5. The van der Waals surface area contributed by atoms with Crippen LogP contribution in [0, 0.1) is 34.6 Å². The monoisotopic (exact) mass is 578 g/mol. The maximum atomic E-state index is 11.5. The second kappa shape index (κ2) is 10.2. The van der Waals surface area contributed by atoms with Gasteiger partial charge in [0.2, 0.25) is 0 Å². The zero-order valence-corrected chi connectivity index (χ0v) is 26.4. The lowest BCUT2D eigenvalue weighted by Crippen LogP contribution is -2.22. The summed E-state index contributed by atoms with van der Waals surface area (Å²) in [7, 11) is 0. The molecule has 5 aromatic rings. The summed E-state index contributed by atoms with van der Waals surface area (Å²) >= 11 is 0. The standard InChI is InChI=1S/C39H38N4O/c1-21-8-10-26(11-9-21)35-29-13-12-27(40-29)20-33-39(6,7)38(44)37(43-33)25(5)28-14-15-31(41-28)36(32-17-16-30(35)42-32)34-23(3)18-22(2)19-24(34)4/h8-20,38,40,42,44H,1-7H3. The summed E-state index contributed by atoms with van der Waals surface area (Å²) in [6.07, 6.45) is 3.40. The van der Waals surface area contributed by atoms with Gasteiger partial charge in [0.25, 0.3) is 0 Å². The van der Waals surface area contributed by atoms with E-state index in [1.54, 1.807) is 0 Å². The molecule has 5 heteroatoms. The highest BCUT2D eigenvalue weighted by atomic mass is 16.3. The molecule has 5 nitrogen and oxygen atoms in total. The van der Waals surface area contributed by atoms with E-state index in [1.165, 1.54) is 27.8 Å². The van der Waals surface area contributed by atoms with Gasteiger partial charge in [0.1, 0.15) is 6.10 Å². The highest BCUT2D eigenvalue weighted by Crippen LogP contribution is 2.42. The summed E-state index contributed by atoms with van der Waals surface area (Å²) in [4.78, 5) is 17.7. The molecule has 2 aliphatic rings. The highest BCUT2D eigenvalue weighted by Gasteiger charge is 2.39. The van der Waals surface area contributed by atoms with Gasteiger partial charge >= 0.3 is 0 Å². The number of aliphatic hydroxyl groups excluding tert-OH is 1. The molecule has 3 aromatic heterocycles. The van der Waals surface area contributed by atoms with E-state index in [1.807, 2.05) is 20.8 Å². The van der Waals surface area contributed by atoms with Gasteiger partial charge in [-0.15, -0.1) is 0 Å². The molecular weight excluding hydrogens is 540 g/mol. The van der Waals surface area contributed by atoms with E-state index < -0.39 is 11.5 Å². The number of fused-ring (bicyclic) bond motifs is 8. The molecule has 1 atom stereocenters. The normalized spacial score (nSPS) is 15.6. The van der Waals surface area contributed by atoms with Gasteiger partial charge in [-0.2, -0.15) is 0 Å². The van der Waals surface area contributed by atoms with Gasteiger partial charge in [-0.3, -0.25) is 4.98 Å². The lowest BCUT2D eigenvalue weighted by atomic mass is 9.83. The van der Waals surface area contributed by atoms with Crippen LogP contribution in [-0.2, 0) is 5.41 Å². The van der Waals surface area contributed by atoms with E-state index in [0.29, 0.717) is 5.69 Å². The number of hydrogen-bond donors (Lipinski definition) is 3. The van der Waals surface area contributed by atoms with Crippen LogP contribution in [0.2, 0.25) is 0 Å². The molecule has 0 spiro atoms. The Labute approximate surface area is 258 Å². The smallest absolute Gasteiger partial charge is 0.107 e. The highest BCUT2D eigenvalue weighted by molar-refractivity contribution is 5.97. The number of hydrogen-bond acceptors (Lipinski definition) is 3. The van der Waals surface area contributed by atoms with E-state index in [4.69, 9.17) is 9.97 Å². The van der Waals surface area contributed by atoms with Crippen LogP contribution in [0.25, 0.3) is 56.5 Å². The van der Waals surface area contributed by atoms with Gasteiger partial charge in [0.15, 0.2) is 0 Å². The molecule has 0 aliphatic carbocycles. The second-order valence-electron chi connectivity index (χ2n) is 13.0. The third-order valence-electron chi connectivity index (χ3n) is 9.27. The Morgan fingerprint density at radius 2 is 1.25 bits per heavy atom. The number of aromatic nitrogens is 4. The lowest BCUT2D eigenvalue weighted by molar-refractivity contribution is 0.109. The van der Waals surface area contributed by atoms with Crippen molar-refractivity contribution in [3.8, 4) is 22.3 Å². The van der Waals surface area contributed by atoms with Crippen LogP contribution in [0.5, 0.6) is 0 Å². The Hall–Kier alpha value is -4.74. The molecule has 0 radical (unpaired) electrons. The van der Waals surface area contributed by atoms with Crippen molar-refractivity contribution in [1.29, 1.82) is 0 Å². The fourth-order valence-corrected chi connectivity index (χ4v) is 6.79. The first-order valence-corrected chi connectivity index (χ1v) is 15.3. The maximum Gasteiger partial charge on any atom is 0.107 e. The molecule has 220 valence electrons. The summed E-state index contributed by atoms with van der Waals surface area (Å²) in [6, 6.07) is 23.8. The number of nitrogens with zero attached hydrogens (tertiary/aromatic N) is 2. The molecule has 0 saturated carbocycles. The number of nitrogens with one attached hydrogen (secondary N) is 2. The lowest BCUT2D eigenvalue weighted by Gasteiger charge is -2.22. The van der Waals surface area contributed by atoms with Crippen LogP contribution in [0.15, 0.2) is 66.7 Å². The van der Waals surface area contributed by atoms with E-state index in [-0.39, 0.29) is 0 Å². The molecule has 0 saturated heterocycles. The summed E-state index contributed by atoms with van der Waals surface area (Å²) in [5, 5.41) is 11.5. The van der Waals surface area contributed by atoms with Crippen molar-refractivity contribution in [2.24, 2.45) is 0 Å². The minimum Gasteiger partial charge on any atom is -0.386 e. The van der Waals surface area contributed by atoms with Crippen LogP contribution < -0.4 is 0 Å². The Kier molecular flexibility index (Phi) is 6.49. The molecule has 44 heavy (non-hydrogen) atoms. The molecule has 2 aromatic carbocycles. The zero-order chi connectivity index (χ0) is 30.9. The van der Waals surface area contributed by atoms with Gasteiger partial charge in [-0.25, -0.2) is 4.98 Å².